The van der Waals surface area contributed by atoms with Crippen molar-refractivity contribution < 1.29 is 9.18 Å². The third kappa shape index (κ3) is 4.83. The topological polar surface area (TPSA) is 29.1 Å². The van der Waals surface area contributed by atoms with Crippen molar-refractivity contribution in [2.45, 2.75) is 13.0 Å². The average molecular weight is 227 g/mol. The molecule has 4 heteroatoms. The van der Waals surface area contributed by atoms with Gasteiger partial charge in [-0.1, -0.05) is 12.1 Å². The summed E-state index contributed by atoms with van der Waals surface area (Å²) in [6.45, 7) is 0.466. The van der Waals surface area contributed by atoms with Crippen LogP contribution in [0.25, 0.3) is 0 Å². The lowest BCUT2D eigenvalue weighted by Gasteiger charge is -2.04. The number of amides is 1. The molecule has 1 aromatic carbocycles. The maximum atomic E-state index is 12.6. The first-order valence-corrected chi connectivity index (χ1v) is 6.12. The van der Waals surface area contributed by atoms with E-state index in [4.69, 9.17) is 0 Å². The first-order chi connectivity index (χ1) is 7.22. The highest BCUT2D eigenvalue weighted by Crippen LogP contribution is 2.02. The van der Waals surface area contributed by atoms with Gasteiger partial charge in [0.2, 0.25) is 5.91 Å². The summed E-state index contributed by atoms with van der Waals surface area (Å²) >= 11 is 1.64. The molecule has 0 heterocycles. The minimum atomic E-state index is -0.257. The van der Waals surface area contributed by atoms with E-state index in [1.54, 1.807) is 23.9 Å². The first kappa shape index (κ1) is 12.0. The van der Waals surface area contributed by atoms with E-state index in [9.17, 15) is 9.18 Å². The molecule has 0 aliphatic carbocycles. The molecular weight excluding hydrogens is 213 g/mol. The quantitative estimate of drug-likeness (QED) is 0.835. The van der Waals surface area contributed by atoms with E-state index >= 15 is 0 Å². The molecule has 2 nitrogen and oxygen atoms in total. The van der Waals surface area contributed by atoms with Crippen molar-refractivity contribution in [2.24, 2.45) is 0 Å². The number of rotatable bonds is 5. The lowest BCUT2D eigenvalue weighted by molar-refractivity contribution is -0.120. The van der Waals surface area contributed by atoms with Gasteiger partial charge >= 0.3 is 0 Å². The summed E-state index contributed by atoms with van der Waals surface area (Å²) in [7, 11) is 0. The molecule has 1 aromatic rings. The Labute approximate surface area is 93.3 Å². The van der Waals surface area contributed by atoms with Gasteiger partial charge in [0.15, 0.2) is 0 Å². The lowest BCUT2D eigenvalue weighted by atomic mass is 10.2. The van der Waals surface area contributed by atoms with Crippen LogP contribution < -0.4 is 5.32 Å². The van der Waals surface area contributed by atoms with Crippen LogP contribution in [0, 0.1) is 5.82 Å². The fraction of sp³-hybridized carbons (Fsp3) is 0.364. The Hall–Kier alpha value is -1.03. The van der Waals surface area contributed by atoms with E-state index in [1.165, 1.54) is 12.1 Å². The smallest absolute Gasteiger partial charge is 0.221 e. The van der Waals surface area contributed by atoms with E-state index in [0.29, 0.717) is 13.0 Å². The number of nitrogens with one attached hydrogen (secondary N) is 1. The monoisotopic (exact) mass is 227 g/mol. The van der Waals surface area contributed by atoms with E-state index in [2.05, 4.69) is 5.32 Å². The average Bonchev–Trinajstić information content (AvgIpc) is 2.25. The van der Waals surface area contributed by atoms with Gasteiger partial charge in [0.25, 0.3) is 0 Å². The van der Waals surface area contributed by atoms with Gasteiger partial charge < -0.3 is 5.32 Å². The van der Waals surface area contributed by atoms with E-state index in [0.717, 1.165) is 11.3 Å². The van der Waals surface area contributed by atoms with Crippen LogP contribution in [0.4, 0.5) is 4.39 Å². The van der Waals surface area contributed by atoms with Gasteiger partial charge in [-0.3, -0.25) is 4.79 Å². The molecule has 1 amide bonds. The summed E-state index contributed by atoms with van der Waals surface area (Å²) < 4.78 is 12.6. The number of carbonyl (C=O) groups excluding carboxylic acids is 1. The predicted octanol–water partition coefficient (Wildman–Crippen LogP) is 2.20. The SMILES string of the molecule is CSCCC(=O)NCc1ccc(F)cc1. The second kappa shape index (κ2) is 6.45. The van der Waals surface area contributed by atoms with Crippen molar-refractivity contribution in [3.63, 3.8) is 0 Å². The highest BCUT2D eigenvalue weighted by molar-refractivity contribution is 7.98. The fourth-order valence-electron chi connectivity index (χ4n) is 1.09. The zero-order chi connectivity index (χ0) is 11.1. The zero-order valence-corrected chi connectivity index (χ0v) is 9.44. The molecule has 0 saturated heterocycles. The normalized spacial score (nSPS) is 10.0. The summed E-state index contributed by atoms with van der Waals surface area (Å²) in [6.07, 6.45) is 2.50. The minimum Gasteiger partial charge on any atom is -0.352 e. The van der Waals surface area contributed by atoms with Crippen LogP contribution in [0.15, 0.2) is 24.3 Å². The molecule has 15 heavy (non-hydrogen) atoms. The van der Waals surface area contributed by atoms with Gasteiger partial charge in [0, 0.05) is 18.7 Å². The summed E-state index contributed by atoms with van der Waals surface area (Å²) in [6, 6.07) is 6.13. The van der Waals surface area contributed by atoms with Crippen LogP contribution >= 0.6 is 11.8 Å². The highest BCUT2D eigenvalue weighted by Gasteiger charge is 2.00. The first-order valence-electron chi connectivity index (χ1n) is 4.72. The van der Waals surface area contributed by atoms with Gasteiger partial charge in [0.05, 0.1) is 0 Å². The number of carbonyl (C=O) groups is 1. The molecule has 0 spiro atoms. The van der Waals surface area contributed by atoms with Gasteiger partial charge in [-0.05, 0) is 24.0 Å². The molecule has 82 valence electrons. The number of benzene rings is 1. The lowest BCUT2D eigenvalue weighted by Crippen LogP contribution is -2.22. The van der Waals surface area contributed by atoms with Crippen molar-refractivity contribution in [2.75, 3.05) is 12.0 Å². The number of thioether (sulfide) groups is 1. The predicted molar refractivity (Wildman–Crippen MR) is 61.2 cm³/mol. The number of halogens is 1. The van der Waals surface area contributed by atoms with Crippen LogP contribution in [0.1, 0.15) is 12.0 Å². The fourth-order valence-corrected chi connectivity index (χ4v) is 1.48. The molecular formula is C11H14FNOS. The third-order valence-corrected chi connectivity index (χ3v) is 2.55. The Morgan fingerprint density at radius 1 is 1.40 bits per heavy atom. The summed E-state index contributed by atoms with van der Waals surface area (Å²) in [5, 5.41) is 2.78. The van der Waals surface area contributed by atoms with E-state index in [-0.39, 0.29) is 11.7 Å². The summed E-state index contributed by atoms with van der Waals surface area (Å²) in [5.74, 6) is 0.607. The van der Waals surface area contributed by atoms with Crippen LogP contribution in [0.3, 0.4) is 0 Å². The van der Waals surface area contributed by atoms with Crippen LogP contribution in [0.5, 0.6) is 0 Å². The highest BCUT2D eigenvalue weighted by atomic mass is 32.2. The molecule has 0 atom stereocenters. The molecule has 0 saturated carbocycles. The standard InChI is InChI=1S/C11H14FNOS/c1-15-7-6-11(14)13-8-9-2-4-10(12)5-3-9/h2-5H,6-8H2,1H3,(H,13,14). The summed E-state index contributed by atoms with van der Waals surface area (Å²) in [5.41, 5.74) is 0.911. The Morgan fingerprint density at radius 2 is 2.07 bits per heavy atom. The maximum Gasteiger partial charge on any atom is 0.221 e. The molecule has 0 aliphatic heterocycles. The van der Waals surface area contributed by atoms with Crippen LogP contribution in [0.2, 0.25) is 0 Å². The second-order valence-corrected chi connectivity index (χ2v) is 4.13. The Morgan fingerprint density at radius 3 is 2.67 bits per heavy atom. The molecule has 0 unspecified atom stereocenters. The Kier molecular flexibility index (Phi) is 5.18. The van der Waals surface area contributed by atoms with E-state index < -0.39 is 0 Å². The van der Waals surface area contributed by atoms with Crippen molar-refractivity contribution in [3.8, 4) is 0 Å². The van der Waals surface area contributed by atoms with Crippen molar-refractivity contribution >= 4 is 17.7 Å². The van der Waals surface area contributed by atoms with Crippen LogP contribution in [-0.2, 0) is 11.3 Å². The van der Waals surface area contributed by atoms with E-state index in [1.807, 2.05) is 6.26 Å². The molecule has 1 N–H and O–H groups in total. The molecule has 0 fully saturated rings. The Bertz CT molecular complexity index is 313. The van der Waals surface area contributed by atoms with Crippen molar-refractivity contribution in [3.05, 3.63) is 35.6 Å². The molecule has 0 aliphatic rings. The second-order valence-electron chi connectivity index (χ2n) is 3.15. The molecule has 0 bridgehead atoms. The molecule has 0 radical (unpaired) electrons. The van der Waals surface area contributed by atoms with Crippen molar-refractivity contribution in [1.82, 2.24) is 5.32 Å². The third-order valence-electron chi connectivity index (χ3n) is 1.94. The maximum absolute atomic E-state index is 12.6. The molecule has 0 aromatic heterocycles. The number of hydrogen-bond acceptors (Lipinski definition) is 2. The van der Waals surface area contributed by atoms with Gasteiger partial charge in [-0.15, -0.1) is 0 Å². The molecule has 1 rings (SSSR count). The van der Waals surface area contributed by atoms with Crippen molar-refractivity contribution in [1.29, 1.82) is 0 Å². The van der Waals surface area contributed by atoms with Crippen LogP contribution in [-0.4, -0.2) is 17.9 Å². The van der Waals surface area contributed by atoms with Gasteiger partial charge in [-0.25, -0.2) is 4.39 Å². The zero-order valence-electron chi connectivity index (χ0n) is 8.63. The van der Waals surface area contributed by atoms with Gasteiger partial charge in [0.1, 0.15) is 5.82 Å². The minimum absolute atomic E-state index is 0.0358. The largest absolute Gasteiger partial charge is 0.352 e. The summed E-state index contributed by atoms with van der Waals surface area (Å²) in [4.78, 5) is 11.2. The van der Waals surface area contributed by atoms with Gasteiger partial charge in [-0.2, -0.15) is 11.8 Å². The Balaban J connectivity index is 2.30. The number of hydrogen-bond donors (Lipinski definition) is 1.